The first kappa shape index (κ1) is 17.9. The summed E-state index contributed by atoms with van der Waals surface area (Å²) in [5.74, 6) is -2.10. The first-order chi connectivity index (χ1) is 11.7. The van der Waals surface area contributed by atoms with Crippen LogP contribution in [0, 0.1) is 12.7 Å². The standard InChI is InChI=1S/C17H15BrFNO4S/c1-10-2-3-11(15(19)6-10)9-25(22,23)20-17(21)14-8-24-16-5-4-12(18)7-13(14)16/h2-7,14H,8-9H2,1H3,(H,20,21)/t14-/m1/s1. The van der Waals surface area contributed by atoms with E-state index in [1.165, 1.54) is 12.1 Å². The highest BCUT2D eigenvalue weighted by atomic mass is 79.9. The molecule has 1 atom stereocenters. The Labute approximate surface area is 153 Å². The van der Waals surface area contributed by atoms with Gasteiger partial charge < -0.3 is 4.74 Å². The highest BCUT2D eigenvalue weighted by Gasteiger charge is 2.33. The Hall–Kier alpha value is -1.93. The van der Waals surface area contributed by atoms with Gasteiger partial charge in [-0.15, -0.1) is 0 Å². The molecule has 25 heavy (non-hydrogen) atoms. The second-order valence-electron chi connectivity index (χ2n) is 5.87. The van der Waals surface area contributed by atoms with Gasteiger partial charge in [0.15, 0.2) is 0 Å². The van der Waals surface area contributed by atoms with Gasteiger partial charge in [-0.1, -0.05) is 28.1 Å². The number of hydrogen-bond acceptors (Lipinski definition) is 4. The zero-order valence-electron chi connectivity index (χ0n) is 13.3. The molecule has 0 saturated carbocycles. The fraction of sp³-hybridized carbons (Fsp3) is 0.235. The Morgan fingerprint density at radius 2 is 2.08 bits per heavy atom. The molecule has 1 heterocycles. The van der Waals surface area contributed by atoms with E-state index in [0.717, 1.165) is 4.47 Å². The molecule has 1 N–H and O–H groups in total. The lowest BCUT2D eigenvalue weighted by Crippen LogP contribution is -2.36. The van der Waals surface area contributed by atoms with Crippen molar-refractivity contribution >= 4 is 31.9 Å². The van der Waals surface area contributed by atoms with E-state index in [0.29, 0.717) is 16.9 Å². The zero-order valence-corrected chi connectivity index (χ0v) is 15.7. The molecule has 2 aromatic rings. The van der Waals surface area contributed by atoms with Crippen molar-refractivity contribution in [3.8, 4) is 5.75 Å². The van der Waals surface area contributed by atoms with Crippen LogP contribution in [0.4, 0.5) is 4.39 Å². The van der Waals surface area contributed by atoms with Gasteiger partial charge in [0.25, 0.3) is 0 Å². The van der Waals surface area contributed by atoms with E-state index in [-0.39, 0.29) is 12.2 Å². The summed E-state index contributed by atoms with van der Waals surface area (Å²) in [5.41, 5.74) is 1.31. The number of carbonyl (C=O) groups excluding carboxylic acids is 1. The first-order valence-corrected chi connectivity index (χ1v) is 9.91. The van der Waals surface area contributed by atoms with Gasteiger partial charge in [0.2, 0.25) is 15.9 Å². The normalized spacial score (nSPS) is 16.2. The number of halogens is 2. The van der Waals surface area contributed by atoms with E-state index in [1.54, 1.807) is 31.2 Å². The fourth-order valence-corrected chi connectivity index (χ4v) is 4.18. The van der Waals surface area contributed by atoms with Crippen molar-refractivity contribution in [2.75, 3.05) is 6.61 Å². The summed E-state index contributed by atoms with van der Waals surface area (Å²) in [6, 6.07) is 9.48. The third kappa shape index (κ3) is 4.01. The number of hydrogen-bond donors (Lipinski definition) is 1. The molecule has 1 aliphatic heterocycles. The highest BCUT2D eigenvalue weighted by Crippen LogP contribution is 2.36. The number of carbonyl (C=O) groups is 1. The summed E-state index contributed by atoms with van der Waals surface area (Å²) in [7, 11) is -4.03. The molecule has 1 aliphatic rings. The third-order valence-electron chi connectivity index (χ3n) is 3.88. The molecule has 0 aromatic heterocycles. The summed E-state index contributed by atoms with van der Waals surface area (Å²) < 4.78 is 46.5. The lowest BCUT2D eigenvalue weighted by atomic mass is 10.0. The quantitative estimate of drug-likeness (QED) is 0.813. The number of aryl methyl sites for hydroxylation is 1. The Balaban J connectivity index is 1.76. The summed E-state index contributed by atoms with van der Waals surface area (Å²) in [5, 5.41) is 0. The predicted molar refractivity (Wildman–Crippen MR) is 94.3 cm³/mol. The molecule has 0 aliphatic carbocycles. The second kappa shape index (κ2) is 6.76. The SMILES string of the molecule is Cc1ccc(CS(=O)(=O)NC(=O)[C@@H]2COc3ccc(Br)cc32)c(F)c1. The highest BCUT2D eigenvalue weighted by molar-refractivity contribution is 9.10. The topological polar surface area (TPSA) is 72.5 Å². The average Bonchev–Trinajstić information content (AvgIpc) is 2.92. The van der Waals surface area contributed by atoms with E-state index in [2.05, 4.69) is 15.9 Å². The maximum absolute atomic E-state index is 13.9. The number of amides is 1. The molecule has 0 unspecified atom stereocenters. The molecule has 2 aromatic carbocycles. The summed E-state index contributed by atoms with van der Waals surface area (Å²) in [4.78, 5) is 12.4. The molecule has 132 valence electrons. The largest absolute Gasteiger partial charge is 0.492 e. The van der Waals surface area contributed by atoms with Crippen LogP contribution in [0.2, 0.25) is 0 Å². The van der Waals surface area contributed by atoms with Crippen molar-refractivity contribution in [3.05, 3.63) is 63.4 Å². The molecule has 0 radical (unpaired) electrons. The summed E-state index contributed by atoms with van der Waals surface area (Å²) in [6.07, 6.45) is 0. The number of ether oxygens (including phenoxy) is 1. The van der Waals surface area contributed by atoms with Crippen LogP contribution in [-0.2, 0) is 20.6 Å². The number of benzene rings is 2. The van der Waals surface area contributed by atoms with Crippen molar-refractivity contribution < 1.29 is 22.3 Å². The molecule has 3 rings (SSSR count). The Morgan fingerprint density at radius 3 is 2.80 bits per heavy atom. The van der Waals surface area contributed by atoms with Crippen LogP contribution in [0.3, 0.4) is 0 Å². The fourth-order valence-electron chi connectivity index (χ4n) is 2.64. The van der Waals surface area contributed by atoms with Gasteiger partial charge >= 0.3 is 0 Å². The number of fused-ring (bicyclic) bond motifs is 1. The van der Waals surface area contributed by atoms with Gasteiger partial charge in [-0.05, 0) is 36.8 Å². The Kier molecular flexibility index (Phi) is 4.83. The number of rotatable bonds is 4. The van der Waals surface area contributed by atoms with Gasteiger partial charge in [-0.25, -0.2) is 12.8 Å². The van der Waals surface area contributed by atoms with Crippen LogP contribution in [0.15, 0.2) is 40.9 Å². The first-order valence-electron chi connectivity index (χ1n) is 7.47. The minimum Gasteiger partial charge on any atom is -0.492 e. The minimum absolute atomic E-state index is 0.0108. The van der Waals surface area contributed by atoms with Crippen molar-refractivity contribution in [1.82, 2.24) is 4.72 Å². The van der Waals surface area contributed by atoms with Gasteiger partial charge in [0.1, 0.15) is 24.1 Å². The van der Waals surface area contributed by atoms with Gasteiger partial charge in [0.05, 0.1) is 5.75 Å². The molecule has 5 nitrogen and oxygen atoms in total. The van der Waals surface area contributed by atoms with Crippen LogP contribution in [0.5, 0.6) is 5.75 Å². The smallest absolute Gasteiger partial charge is 0.244 e. The van der Waals surface area contributed by atoms with Gasteiger partial charge in [0, 0.05) is 15.6 Å². The van der Waals surface area contributed by atoms with Crippen LogP contribution < -0.4 is 9.46 Å². The van der Waals surface area contributed by atoms with Crippen LogP contribution in [0.25, 0.3) is 0 Å². The van der Waals surface area contributed by atoms with E-state index in [9.17, 15) is 17.6 Å². The molecule has 0 bridgehead atoms. The van der Waals surface area contributed by atoms with E-state index in [1.807, 2.05) is 4.72 Å². The molecular weight excluding hydrogens is 413 g/mol. The van der Waals surface area contributed by atoms with Crippen molar-refractivity contribution in [2.45, 2.75) is 18.6 Å². The third-order valence-corrected chi connectivity index (χ3v) is 5.58. The Morgan fingerprint density at radius 1 is 1.32 bits per heavy atom. The average molecular weight is 428 g/mol. The van der Waals surface area contributed by atoms with E-state index < -0.39 is 33.4 Å². The number of sulfonamides is 1. The van der Waals surface area contributed by atoms with Gasteiger partial charge in [-0.3, -0.25) is 9.52 Å². The molecule has 0 spiro atoms. The second-order valence-corrected chi connectivity index (χ2v) is 8.50. The van der Waals surface area contributed by atoms with E-state index in [4.69, 9.17) is 4.74 Å². The molecular formula is C17H15BrFNO4S. The van der Waals surface area contributed by atoms with Crippen molar-refractivity contribution in [3.63, 3.8) is 0 Å². The molecule has 0 saturated heterocycles. The summed E-state index contributed by atoms with van der Waals surface area (Å²) in [6.45, 7) is 1.77. The molecule has 1 amide bonds. The maximum Gasteiger partial charge on any atom is 0.244 e. The van der Waals surface area contributed by atoms with E-state index >= 15 is 0 Å². The molecule has 0 fully saturated rings. The summed E-state index contributed by atoms with van der Waals surface area (Å²) >= 11 is 3.31. The van der Waals surface area contributed by atoms with Crippen molar-refractivity contribution in [1.29, 1.82) is 0 Å². The monoisotopic (exact) mass is 427 g/mol. The zero-order chi connectivity index (χ0) is 18.2. The molecule has 8 heteroatoms. The van der Waals surface area contributed by atoms with Crippen LogP contribution in [0.1, 0.15) is 22.6 Å². The van der Waals surface area contributed by atoms with Crippen LogP contribution >= 0.6 is 15.9 Å². The number of nitrogens with one attached hydrogen (secondary N) is 1. The maximum atomic E-state index is 13.9. The lowest BCUT2D eigenvalue weighted by molar-refractivity contribution is -0.120. The van der Waals surface area contributed by atoms with Crippen molar-refractivity contribution in [2.24, 2.45) is 0 Å². The van der Waals surface area contributed by atoms with Gasteiger partial charge in [-0.2, -0.15) is 0 Å². The van der Waals surface area contributed by atoms with Crippen LogP contribution in [-0.4, -0.2) is 20.9 Å². The predicted octanol–water partition coefficient (Wildman–Crippen LogP) is 3.02. The Bertz CT molecular complexity index is 946. The minimum atomic E-state index is -4.03. The lowest BCUT2D eigenvalue weighted by Gasteiger charge is -2.12.